The minimum atomic E-state index is -4.37. The van der Waals surface area contributed by atoms with Crippen molar-refractivity contribution >= 4 is 29.1 Å². The molecule has 0 radical (unpaired) electrons. The Balaban J connectivity index is 2.55. The number of alkyl halides is 3. The van der Waals surface area contributed by atoms with Gasteiger partial charge in [-0.15, -0.1) is 11.8 Å². The van der Waals surface area contributed by atoms with Gasteiger partial charge >= 0.3 is 6.18 Å². The van der Waals surface area contributed by atoms with Gasteiger partial charge in [-0.2, -0.15) is 13.2 Å². The lowest BCUT2D eigenvalue weighted by atomic mass is 10.0. The number of rotatable bonds is 1. The van der Waals surface area contributed by atoms with Crippen molar-refractivity contribution in [1.82, 2.24) is 4.90 Å². The molecule has 0 saturated carbocycles. The molecule has 0 fully saturated rings. The van der Waals surface area contributed by atoms with Crippen LogP contribution in [0.25, 0.3) is 5.70 Å². The first kappa shape index (κ1) is 12.6. The van der Waals surface area contributed by atoms with Crippen molar-refractivity contribution < 1.29 is 13.2 Å². The van der Waals surface area contributed by atoms with Crippen LogP contribution in [0.4, 0.5) is 13.2 Å². The predicted octanol–water partition coefficient (Wildman–Crippen LogP) is 4.29. The third-order valence-electron chi connectivity index (χ3n) is 2.44. The van der Waals surface area contributed by atoms with E-state index < -0.39 is 11.7 Å². The normalized spacial score (nSPS) is 16.3. The summed E-state index contributed by atoms with van der Waals surface area (Å²) in [5, 5.41) is 2.03. The number of thioether (sulfide) groups is 1. The van der Waals surface area contributed by atoms with Crippen molar-refractivity contribution in [3.8, 4) is 0 Å². The monoisotopic (exact) mass is 279 g/mol. The van der Waals surface area contributed by atoms with Crippen LogP contribution in [0.1, 0.15) is 11.1 Å². The van der Waals surface area contributed by atoms with Crippen LogP contribution >= 0.6 is 23.4 Å². The van der Waals surface area contributed by atoms with Gasteiger partial charge in [-0.3, -0.25) is 0 Å². The molecule has 1 aromatic rings. The molecule has 1 aliphatic heterocycles. The van der Waals surface area contributed by atoms with E-state index in [1.54, 1.807) is 17.4 Å². The molecule has 1 heterocycles. The van der Waals surface area contributed by atoms with Crippen LogP contribution in [-0.2, 0) is 6.18 Å². The quantitative estimate of drug-likeness (QED) is 0.754. The molecule has 1 aromatic carbocycles. The van der Waals surface area contributed by atoms with Crippen molar-refractivity contribution in [1.29, 1.82) is 0 Å². The third-order valence-corrected chi connectivity index (χ3v) is 3.60. The van der Waals surface area contributed by atoms with Gasteiger partial charge in [0.2, 0.25) is 0 Å². The van der Waals surface area contributed by atoms with Crippen molar-refractivity contribution in [3.63, 3.8) is 0 Å². The molecule has 0 aliphatic carbocycles. The second-order valence-corrected chi connectivity index (χ2v) is 4.95. The zero-order valence-electron chi connectivity index (χ0n) is 8.88. The van der Waals surface area contributed by atoms with Gasteiger partial charge in [0.1, 0.15) is 0 Å². The SMILES string of the molecule is CN1CSC=C1c1cc(Cl)ccc1C(F)(F)F. The van der Waals surface area contributed by atoms with Crippen molar-refractivity contribution in [2.45, 2.75) is 6.18 Å². The van der Waals surface area contributed by atoms with Crippen LogP contribution in [0, 0.1) is 0 Å². The Morgan fingerprint density at radius 3 is 2.59 bits per heavy atom. The second-order valence-electron chi connectivity index (χ2n) is 3.68. The smallest absolute Gasteiger partial charge is 0.364 e. The minimum absolute atomic E-state index is 0.137. The fourth-order valence-corrected chi connectivity index (χ4v) is 2.71. The molecule has 0 N–H and O–H groups in total. The van der Waals surface area contributed by atoms with Gasteiger partial charge in [0.15, 0.2) is 0 Å². The Bertz CT molecular complexity index is 470. The lowest BCUT2D eigenvalue weighted by Gasteiger charge is -2.19. The fraction of sp³-hybridized carbons (Fsp3) is 0.273. The first-order valence-corrected chi connectivity index (χ1v) is 6.22. The van der Waals surface area contributed by atoms with Crippen molar-refractivity contribution in [3.05, 3.63) is 39.8 Å². The van der Waals surface area contributed by atoms with Crippen LogP contribution in [0.3, 0.4) is 0 Å². The van der Waals surface area contributed by atoms with Gasteiger partial charge < -0.3 is 4.90 Å². The summed E-state index contributed by atoms with van der Waals surface area (Å²) in [6.45, 7) is 0. The maximum atomic E-state index is 12.9. The van der Waals surface area contributed by atoms with Gasteiger partial charge in [0, 0.05) is 17.6 Å². The van der Waals surface area contributed by atoms with E-state index in [1.165, 1.54) is 23.9 Å². The van der Waals surface area contributed by atoms with Crippen LogP contribution in [0.5, 0.6) is 0 Å². The Labute approximate surface area is 106 Å². The summed E-state index contributed by atoms with van der Waals surface area (Å²) in [7, 11) is 1.76. The molecule has 0 atom stereocenters. The molecule has 0 amide bonds. The Morgan fingerprint density at radius 2 is 2.06 bits per heavy atom. The Kier molecular flexibility index (Phi) is 3.32. The van der Waals surface area contributed by atoms with E-state index in [4.69, 9.17) is 11.6 Å². The summed E-state index contributed by atoms with van der Waals surface area (Å²) < 4.78 is 38.6. The summed E-state index contributed by atoms with van der Waals surface area (Å²) in [5.74, 6) is 0.652. The molecule has 0 unspecified atom stereocenters. The first-order chi connectivity index (χ1) is 7.89. The summed E-state index contributed by atoms with van der Waals surface area (Å²) in [5.41, 5.74) is 0.0461. The Morgan fingerprint density at radius 1 is 1.35 bits per heavy atom. The van der Waals surface area contributed by atoms with E-state index >= 15 is 0 Å². The Hall–Kier alpha value is -0.810. The molecule has 92 valence electrons. The third kappa shape index (κ3) is 2.55. The van der Waals surface area contributed by atoms with E-state index in [-0.39, 0.29) is 5.56 Å². The summed E-state index contributed by atoms with van der Waals surface area (Å²) in [6.07, 6.45) is -4.37. The summed E-state index contributed by atoms with van der Waals surface area (Å²) >= 11 is 7.24. The number of hydrogen-bond donors (Lipinski definition) is 0. The number of nitrogens with zero attached hydrogens (tertiary/aromatic N) is 1. The molecular formula is C11H9ClF3NS. The summed E-state index contributed by atoms with van der Waals surface area (Å²) in [6, 6.07) is 3.64. The van der Waals surface area contributed by atoms with Gasteiger partial charge in [-0.05, 0) is 23.6 Å². The minimum Gasteiger partial charge on any atom is -0.364 e. The molecule has 0 spiro atoms. The number of benzene rings is 1. The zero-order valence-corrected chi connectivity index (χ0v) is 10.5. The molecule has 17 heavy (non-hydrogen) atoms. The average molecular weight is 280 g/mol. The molecule has 0 aromatic heterocycles. The van der Waals surface area contributed by atoms with Crippen LogP contribution < -0.4 is 0 Å². The molecule has 0 saturated heterocycles. The standard InChI is InChI=1S/C11H9ClF3NS/c1-16-6-17-5-10(16)8-4-7(12)2-3-9(8)11(13,14)15/h2-5H,6H2,1H3. The van der Waals surface area contributed by atoms with Gasteiger partial charge in [-0.1, -0.05) is 11.6 Å². The highest BCUT2D eigenvalue weighted by Gasteiger charge is 2.35. The van der Waals surface area contributed by atoms with E-state index in [9.17, 15) is 13.2 Å². The van der Waals surface area contributed by atoms with Crippen LogP contribution in [0.2, 0.25) is 5.02 Å². The lowest BCUT2D eigenvalue weighted by molar-refractivity contribution is -0.137. The fourth-order valence-electron chi connectivity index (χ4n) is 1.63. The van der Waals surface area contributed by atoms with Crippen LogP contribution in [-0.4, -0.2) is 17.8 Å². The maximum Gasteiger partial charge on any atom is 0.417 e. The molecule has 2 rings (SSSR count). The van der Waals surface area contributed by atoms with E-state index in [1.807, 2.05) is 0 Å². The molecule has 6 heteroatoms. The van der Waals surface area contributed by atoms with E-state index in [0.717, 1.165) is 6.07 Å². The first-order valence-electron chi connectivity index (χ1n) is 4.79. The van der Waals surface area contributed by atoms with Gasteiger partial charge in [0.05, 0.1) is 17.1 Å². The van der Waals surface area contributed by atoms with Crippen LogP contribution in [0.15, 0.2) is 23.6 Å². The van der Waals surface area contributed by atoms with Crippen molar-refractivity contribution in [2.75, 3.05) is 12.9 Å². The largest absolute Gasteiger partial charge is 0.417 e. The number of halogens is 4. The van der Waals surface area contributed by atoms with Gasteiger partial charge in [-0.25, -0.2) is 0 Å². The molecule has 1 aliphatic rings. The predicted molar refractivity (Wildman–Crippen MR) is 64.7 cm³/mol. The number of hydrogen-bond acceptors (Lipinski definition) is 2. The second kappa shape index (κ2) is 4.46. The maximum absolute atomic E-state index is 12.9. The lowest BCUT2D eigenvalue weighted by Crippen LogP contribution is -2.15. The molecular weight excluding hydrogens is 271 g/mol. The van der Waals surface area contributed by atoms with E-state index in [0.29, 0.717) is 16.6 Å². The highest BCUT2D eigenvalue weighted by Crippen LogP contribution is 2.39. The summed E-state index contributed by atoms with van der Waals surface area (Å²) in [4.78, 5) is 1.77. The molecule has 1 nitrogen and oxygen atoms in total. The van der Waals surface area contributed by atoms with E-state index in [2.05, 4.69) is 0 Å². The highest BCUT2D eigenvalue weighted by atomic mass is 35.5. The van der Waals surface area contributed by atoms with Gasteiger partial charge in [0.25, 0.3) is 0 Å². The topological polar surface area (TPSA) is 3.24 Å². The highest BCUT2D eigenvalue weighted by molar-refractivity contribution is 8.02. The average Bonchev–Trinajstić information content (AvgIpc) is 2.62. The van der Waals surface area contributed by atoms with Crippen molar-refractivity contribution in [2.24, 2.45) is 0 Å². The zero-order chi connectivity index (χ0) is 12.6. The molecule has 0 bridgehead atoms.